The van der Waals surface area contributed by atoms with Gasteiger partial charge in [-0.15, -0.1) is 0 Å². The molecule has 3 N–H and O–H groups in total. The Balaban J connectivity index is 1.81. The highest BCUT2D eigenvalue weighted by Gasteiger charge is 2.07. The Hall–Kier alpha value is -2.61. The molecule has 0 amide bonds. The maximum absolute atomic E-state index is 9.19. The third kappa shape index (κ3) is 9.42. The van der Waals surface area contributed by atoms with Gasteiger partial charge in [-0.3, -0.25) is 5.32 Å². The van der Waals surface area contributed by atoms with Gasteiger partial charge in [-0.25, -0.2) is 9.14 Å². The standard InChI is InChI=1S/C26H37N4O2S/c1-4-28(3)26(27-2)33-22-6-5-15-29-16-13-24(14-17-29)8-7-23-9-11-25(12-10-23)30(18-20-31)19-21-32/h4,7-14,16-17,31-32H,1,5-6,15,18-22H2,2-3H3/q+1/p+1. The molecule has 0 aliphatic rings. The molecule has 0 bridgehead atoms. The summed E-state index contributed by atoms with van der Waals surface area (Å²) in [6, 6.07) is 12.4. The van der Waals surface area contributed by atoms with Crippen molar-refractivity contribution in [3.05, 3.63) is 72.7 Å². The molecule has 0 unspecified atom stereocenters. The van der Waals surface area contributed by atoms with Gasteiger partial charge in [0.1, 0.15) is 6.54 Å². The van der Waals surface area contributed by atoms with Gasteiger partial charge >= 0.3 is 5.17 Å². The van der Waals surface area contributed by atoms with Gasteiger partial charge in [-0.05, 0) is 41.4 Å². The molecule has 0 aliphatic heterocycles. The molecule has 2 aromatic rings. The zero-order chi connectivity index (χ0) is 23.9. The summed E-state index contributed by atoms with van der Waals surface area (Å²) in [5, 5.41) is 22.7. The molecular formula is C26H38N4O2S+2. The Kier molecular flexibility index (Phi) is 12.3. The minimum atomic E-state index is 0.0673. The number of thioether (sulfide) groups is 1. The summed E-state index contributed by atoms with van der Waals surface area (Å²) in [5.74, 6) is 1.08. The maximum atomic E-state index is 9.19. The van der Waals surface area contributed by atoms with E-state index >= 15 is 0 Å². The lowest BCUT2D eigenvalue weighted by atomic mass is 10.1. The molecule has 0 radical (unpaired) electrons. The number of aromatic nitrogens is 1. The van der Waals surface area contributed by atoms with Crippen molar-refractivity contribution in [2.75, 3.05) is 51.1 Å². The molecular weight excluding hydrogens is 432 g/mol. The van der Waals surface area contributed by atoms with Gasteiger partial charge in [-0.2, -0.15) is 0 Å². The van der Waals surface area contributed by atoms with E-state index in [4.69, 9.17) is 0 Å². The smallest absolute Gasteiger partial charge is 0.310 e. The molecule has 0 atom stereocenters. The number of hydrogen-bond acceptors (Lipinski definition) is 4. The molecule has 0 aliphatic carbocycles. The number of unbranched alkanes of at least 4 members (excludes halogenated alkanes) is 1. The fourth-order valence-electron chi connectivity index (χ4n) is 3.33. The Labute approximate surface area is 202 Å². The van der Waals surface area contributed by atoms with Crippen molar-refractivity contribution < 1.29 is 19.4 Å². The molecule has 1 aromatic carbocycles. The average molecular weight is 471 g/mol. The van der Waals surface area contributed by atoms with Crippen LogP contribution in [0.15, 0.2) is 61.6 Å². The van der Waals surface area contributed by atoms with Crippen LogP contribution in [-0.4, -0.2) is 66.1 Å². The lowest BCUT2D eigenvalue weighted by Gasteiger charge is -2.22. The number of aryl methyl sites for hydroxylation is 1. The second-order valence-electron chi connectivity index (χ2n) is 7.63. The number of rotatable bonds is 13. The predicted octanol–water partition coefficient (Wildman–Crippen LogP) is 2.81. The molecule has 0 spiro atoms. The summed E-state index contributed by atoms with van der Waals surface area (Å²) in [6.45, 7) is 5.97. The van der Waals surface area contributed by atoms with E-state index in [0.29, 0.717) is 13.1 Å². The Morgan fingerprint density at radius 2 is 1.64 bits per heavy atom. The van der Waals surface area contributed by atoms with Crippen LogP contribution in [0.4, 0.5) is 5.69 Å². The first kappa shape index (κ1) is 26.6. The first-order valence-corrected chi connectivity index (χ1v) is 12.4. The van der Waals surface area contributed by atoms with Crippen LogP contribution < -0.4 is 14.8 Å². The van der Waals surface area contributed by atoms with E-state index in [1.54, 1.807) is 0 Å². The SMILES string of the molecule is C=C[N+](C)=C(NC)SCCCC[n+]1ccc(/C=C/c2ccc(N(CCO)CCO)cc2)cc1. The van der Waals surface area contributed by atoms with Crippen LogP contribution in [0.5, 0.6) is 0 Å². The van der Waals surface area contributed by atoms with Crippen molar-refractivity contribution >= 4 is 34.8 Å². The Morgan fingerprint density at radius 3 is 2.18 bits per heavy atom. The summed E-state index contributed by atoms with van der Waals surface area (Å²) >= 11 is 1.82. The number of aliphatic hydroxyl groups excluding tert-OH is 2. The largest absolute Gasteiger partial charge is 0.395 e. The van der Waals surface area contributed by atoms with Crippen molar-refractivity contribution in [3.8, 4) is 0 Å². The van der Waals surface area contributed by atoms with E-state index in [1.165, 1.54) is 0 Å². The zero-order valence-electron chi connectivity index (χ0n) is 19.9. The summed E-state index contributed by atoms with van der Waals surface area (Å²) in [5.41, 5.74) is 3.27. The maximum Gasteiger partial charge on any atom is 0.310 e. The summed E-state index contributed by atoms with van der Waals surface area (Å²) in [4.78, 5) is 1.97. The van der Waals surface area contributed by atoms with Gasteiger partial charge in [0.25, 0.3) is 0 Å². The number of nitrogens with one attached hydrogen (secondary N) is 1. The molecule has 1 heterocycles. The number of pyridine rings is 1. The van der Waals surface area contributed by atoms with Gasteiger partial charge in [0, 0.05) is 43.1 Å². The monoisotopic (exact) mass is 470 g/mol. The highest BCUT2D eigenvalue weighted by Crippen LogP contribution is 2.16. The second-order valence-corrected chi connectivity index (χ2v) is 8.72. The van der Waals surface area contributed by atoms with E-state index in [2.05, 4.69) is 65.3 Å². The van der Waals surface area contributed by atoms with Crippen molar-refractivity contribution in [3.63, 3.8) is 0 Å². The molecule has 0 saturated carbocycles. The molecule has 33 heavy (non-hydrogen) atoms. The van der Waals surface area contributed by atoms with Crippen molar-refractivity contribution in [2.24, 2.45) is 0 Å². The Bertz CT molecular complexity index is 890. The number of amidine groups is 1. The molecule has 0 saturated heterocycles. The van der Waals surface area contributed by atoms with E-state index in [0.717, 1.165) is 47.1 Å². The normalized spacial score (nSPS) is 12.0. The van der Waals surface area contributed by atoms with E-state index in [9.17, 15) is 10.2 Å². The zero-order valence-corrected chi connectivity index (χ0v) is 20.7. The number of nitrogens with zero attached hydrogens (tertiary/aromatic N) is 3. The molecule has 0 fully saturated rings. The Morgan fingerprint density at radius 1 is 1.03 bits per heavy atom. The third-order valence-electron chi connectivity index (χ3n) is 5.24. The quantitative estimate of drug-likeness (QED) is 0.182. The topological polar surface area (TPSA) is 62.6 Å². The lowest BCUT2D eigenvalue weighted by Crippen LogP contribution is -2.32. The lowest BCUT2D eigenvalue weighted by molar-refractivity contribution is -0.697. The van der Waals surface area contributed by atoms with Crippen LogP contribution in [-0.2, 0) is 6.54 Å². The van der Waals surface area contributed by atoms with Gasteiger partial charge in [0.05, 0.1) is 33.5 Å². The summed E-state index contributed by atoms with van der Waals surface area (Å²) in [7, 11) is 3.94. The van der Waals surface area contributed by atoms with Crippen LogP contribution in [0.2, 0.25) is 0 Å². The summed E-state index contributed by atoms with van der Waals surface area (Å²) in [6.07, 6.45) is 12.6. The first-order chi connectivity index (χ1) is 16.1. The number of aliphatic hydroxyl groups is 2. The highest BCUT2D eigenvalue weighted by atomic mass is 32.2. The fraction of sp³-hybridized carbons (Fsp3) is 0.385. The number of benzene rings is 1. The van der Waals surface area contributed by atoms with Crippen molar-refractivity contribution in [1.29, 1.82) is 0 Å². The van der Waals surface area contributed by atoms with Crippen LogP contribution in [0.1, 0.15) is 24.0 Å². The number of anilines is 1. The molecule has 1 aromatic heterocycles. The van der Waals surface area contributed by atoms with Gasteiger partial charge in [-0.1, -0.05) is 30.9 Å². The molecule has 2 rings (SSSR count). The van der Waals surface area contributed by atoms with E-state index in [-0.39, 0.29) is 13.2 Å². The van der Waals surface area contributed by atoms with E-state index in [1.807, 2.05) is 53.7 Å². The van der Waals surface area contributed by atoms with E-state index < -0.39 is 0 Å². The summed E-state index contributed by atoms with van der Waals surface area (Å²) < 4.78 is 4.23. The average Bonchev–Trinajstić information content (AvgIpc) is 2.85. The van der Waals surface area contributed by atoms with Crippen LogP contribution in [0.3, 0.4) is 0 Å². The fourth-order valence-corrected chi connectivity index (χ4v) is 4.29. The van der Waals surface area contributed by atoms with Crippen LogP contribution >= 0.6 is 11.8 Å². The van der Waals surface area contributed by atoms with Gasteiger partial charge < -0.3 is 15.1 Å². The van der Waals surface area contributed by atoms with Gasteiger partial charge in [0.2, 0.25) is 0 Å². The minimum absolute atomic E-state index is 0.0673. The third-order valence-corrected chi connectivity index (χ3v) is 6.50. The van der Waals surface area contributed by atoms with Crippen LogP contribution in [0, 0.1) is 0 Å². The molecule has 178 valence electrons. The molecule has 7 heteroatoms. The first-order valence-electron chi connectivity index (χ1n) is 11.4. The van der Waals surface area contributed by atoms with Crippen molar-refractivity contribution in [1.82, 2.24) is 5.32 Å². The predicted molar refractivity (Wildman–Crippen MR) is 141 cm³/mol. The second kappa shape index (κ2) is 15.3. The highest BCUT2D eigenvalue weighted by molar-refractivity contribution is 8.13. The van der Waals surface area contributed by atoms with Crippen molar-refractivity contribution in [2.45, 2.75) is 19.4 Å². The minimum Gasteiger partial charge on any atom is -0.395 e. The molecule has 6 nitrogen and oxygen atoms in total. The number of hydrogen-bond donors (Lipinski definition) is 3. The van der Waals surface area contributed by atoms with Crippen LogP contribution in [0.25, 0.3) is 12.2 Å². The van der Waals surface area contributed by atoms with Gasteiger partial charge in [0.15, 0.2) is 12.4 Å².